The van der Waals surface area contributed by atoms with Gasteiger partial charge in [-0.15, -0.1) is 0 Å². The van der Waals surface area contributed by atoms with Crippen LogP contribution in [-0.2, 0) is 12.6 Å². The third-order valence-corrected chi connectivity index (χ3v) is 2.93. The lowest BCUT2D eigenvalue weighted by atomic mass is 9.99. The third kappa shape index (κ3) is 2.81. The van der Waals surface area contributed by atoms with Crippen LogP contribution < -0.4 is 0 Å². The van der Waals surface area contributed by atoms with Gasteiger partial charge in [0.25, 0.3) is 0 Å². The van der Waals surface area contributed by atoms with E-state index in [4.69, 9.17) is 4.42 Å². The molecule has 0 spiro atoms. The van der Waals surface area contributed by atoms with Gasteiger partial charge in [-0.3, -0.25) is 0 Å². The first kappa shape index (κ1) is 13.7. The molecule has 0 bridgehead atoms. The minimum Gasteiger partial charge on any atom is -0.469 e. The van der Waals surface area contributed by atoms with Crippen LogP contribution in [0, 0.1) is 0 Å². The molecule has 2 aromatic rings. The molecule has 1 aromatic heterocycles. The van der Waals surface area contributed by atoms with Gasteiger partial charge in [-0.05, 0) is 23.8 Å². The molecule has 2 rings (SSSR count). The van der Waals surface area contributed by atoms with Crippen LogP contribution in [0.5, 0.6) is 0 Å². The Morgan fingerprint density at radius 3 is 2.63 bits per heavy atom. The molecule has 1 atom stereocenters. The molecule has 1 N–H and O–H groups in total. The van der Waals surface area contributed by atoms with E-state index in [1.807, 2.05) is 6.92 Å². The number of halogens is 3. The van der Waals surface area contributed by atoms with Crippen LogP contribution >= 0.6 is 0 Å². The van der Waals surface area contributed by atoms with Crippen LogP contribution in [-0.4, -0.2) is 5.11 Å². The number of aryl methyl sites for hydroxylation is 1. The zero-order chi connectivity index (χ0) is 14.0. The zero-order valence-corrected chi connectivity index (χ0v) is 10.2. The normalized spacial score (nSPS) is 13.5. The first-order valence-electron chi connectivity index (χ1n) is 5.85. The van der Waals surface area contributed by atoms with Gasteiger partial charge in [0, 0.05) is 12.0 Å². The molecular weight excluding hydrogens is 257 g/mol. The fourth-order valence-corrected chi connectivity index (χ4v) is 1.95. The summed E-state index contributed by atoms with van der Waals surface area (Å²) in [6.07, 6.45) is -3.54. The maximum Gasteiger partial charge on any atom is 0.416 e. The van der Waals surface area contributed by atoms with Crippen LogP contribution in [0.4, 0.5) is 13.2 Å². The van der Waals surface area contributed by atoms with E-state index in [0.717, 1.165) is 12.1 Å². The van der Waals surface area contributed by atoms with Crippen molar-refractivity contribution in [3.05, 3.63) is 59.0 Å². The van der Waals surface area contributed by atoms with Gasteiger partial charge in [0.05, 0.1) is 11.8 Å². The predicted molar refractivity (Wildman–Crippen MR) is 63.6 cm³/mol. The molecule has 0 fully saturated rings. The molecule has 5 heteroatoms. The summed E-state index contributed by atoms with van der Waals surface area (Å²) in [6, 6.07) is 6.26. The minimum atomic E-state index is -4.42. The van der Waals surface area contributed by atoms with E-state index in [-0.39, 0.29) is 5.56 Å². The van der Waals surface area contributed by atoms with Crippen LogP contribution in [0.25, 0.3) is 0 Å². The first-order valence-corrected chi connectivity index (χ1v) is 5.85. The zero-order valence-electron chi connectivity index (χ0n) is 10.2. The quantitative estimate of drug-likeness (QED) is 0.916. The van der Waals surface area contributed by atoms with Crippen molar-refractivity contribution in [3.63, 3.8) is 0 Å². The van der Waals surface area contributed by atoms with E-state index in [0.29, 0.717) is 17.7 Å². The van der Waals surface area contributed by atoms with Crippen molar-refractivity contribution in [1.29, 1.82) is 0 Å². The molecule has 0 aliphatic heterocycles. The Bertz CT molecular complexity index is 558. The average molecular weight is 270 g/mol. The summed E-state index contributed by atoms with van der Waals surface area (Å²) in [5, 5.41) is 10.2. The maximum absolute atomic E-state index is 12.6. The number of alkyl halides is 3. The molecule has 1 aromatic carbocycles. The minimum absolute atomic E-state index is 0.200. The molecule has 0 saturated carbocycles. The van der Waals surface area contributed by atoms with Crippen LogP contribution in [0.3, 0.4) is 0 Å². The second kappa shape index (κ2) is 5.09. The molecular formula is C14H13F3O2. The second-order valence-corrected chi connectivity index (χ2v) is 4.18. The van der Waals surface area contributed by atoms with Crippen molar-refractivity contribution in [2.45, 2.75) is 25.6 Å². The fraction of sp³-hybridized carbons (Fsp3) is 0.286. The van der Waals surface area contributed by atoms with E-state index < -0.39 is 17.8 Å². The van der Waals surface area contributed by atoms with Gasteiger partial charge in [0.15, 0.2) is 0 Å². The number of rotatable bonds is 3. The van der Waals surface area contributed by atoms with Crippen LogP contribution in [0.1, 0.15) is 35.5 Å². The Kier molecular flexibility index (Phi) is 3.66. The van der Waals surface area contributed by atoms with Gasteiger partial charge < -0.3 is 9.52 Å². The van der Waals surface area contributed by atoms with Crippen LogP contribution in [0.2, 0.25) is 0 Å². The molecule has 0 aliphatic carbocycles. The highest BCUT2D eigenvalue weighted by Crippen LogP contribution is 2.33. The van der Waals surface area contributed by atoms with E-state index in [1.54, 1.807) is 6.07 Å². The average Bonchev–Trinajstić information content (AvgIpc) is 2.85. The van der Waals surface area contributed by atoms with Gasteiger partial charge in [0.1, 0.15) is 11.9 Å². The summed E-state index contributed by atoms with van der Waals surface area (Å²) in [6.45, 7) is 1.85. The second-order valence-electron chi connectivity index (χ2n) is 4.18. The smallest absolute Gasteiger partial charge is 0.416 e. The Balaban J connectivity index is 2.37. The molecule has 1 heterocycles. The highest BCUT2D eigenvalue weighted by Gasteiger charge is 2.31. The van der Waals surface area contributed by atoms with Crippen molar-refractivity contribution in [3.8, 4) is 0 Å². The highest BCUT2D eigenvalue weighted by molar-refractivity contribution is 5.34. The topological polar surface area (TPSA) is 33.4 Å². The highest BCUT2D eigenvalue weighted by atomic mass is 19.4. The van der Waals surface area contributed by atoms with Gasteiger partial charge >= 0.3 is 6.18 Å². The van der Waals surface area contributed by atoms with Crippen molar-refractivity contribution in [2.24, 2.45) is 0 Å². The molecule has 1 unspecified atom stereocenters. The molecule has 0 radical (unpaired) electrons. The lowest BCUT2D eigenvalue weighted by molar-refractivity contribution is -0.137. The summed E-state index contributed by atoms with van der Waals surface area (Å²) in [5.74, 6) is 0.574. The van der Waals surface area contributed by atoms with E-state index in [1.165, 1.54) is 18.4 Å². The lowest BCUT2D eigenvalue weighted by Gasteiger charge is -2.13. The van der Waals surface area contributed by atoms with Crippen molar-refractivity contribution in [2.75, 3.05) is 0 Å². The SMILES string of the molecule is CCc1occc1C(O)c1cccc(C(F)(F)F)c1. The van der Waals surface area contributed by atoms with Crippen molar-refractivity contribution < 1.29 is 22.7 Å². The fourth-order valence-electron chi connectivity index (χ4n) is 1.95. The van der Waals surface area contributed by atoms with E-state index >= 15 is 0 Å². The van der Waals surface area contributed by atoms with Gasteiger partial charge in [-0.25, -0.2) is 0 Å². The summed E-state index contributed by atoms with van der Waals surface area (Å²) in [7, 11) is 0. The molecule has 19 heavy (non-hydrogen) atoms. The molecule has 0 saturated heterocycles. The molecule has 102 valence electrons. The Morgan fingerprint density at radius 1 is 1.26 bits per heavy atom. The van der Waals surface area contributed by atoms with Gasteiger partial charge in [0.2, 0.25) is 0 Å². The van der Waals surface area contributed by atoms with Crippen molar-refractivity contribution >= 4 is 0 Å². The number of benzene rings is 1. The molecule has 0 amide bonds. The van der Waals surface area contributed by atoms with E-state index in [2.05, 4.69) is 0 Å². The number of hydrogen-bond acceptors (Lipinski definition) is 2. The monoisotopic (exact) mass is 270 g/mol. The maximum atomic E-state index is 12.6. The number of furan rings is 1. The van der Waals surface area contributed by atoms with Crippen LogP contribution in [0.15, 0.2) is 41.0 Å². The predicted octanol–water partition coefficient (Wildman–Crippen LogP) is 3.94. The summed E-state index contributed by atoms with van der Waals surface area (Å²) >= 11 is 0. The largest absolute Gasteiger partial charge is 0.469 e. The number of hydrogen-bond donors (Lipinski definition) is 1. The van der Waals surface area contributed by atoms with Gasteiger partial charge in [-0.2, -0.15) is 13.2 Å². The van der Waals surface area contributed by atoms with Crippen molar-refractivity contribution in [1.82, 2.24) is 0 Å². The lowest BCUT2D eigenvalue weighted by Crippen LogP contribution is -2.07. The molecule has 2 nitrogen and oxygen atoms in total. The summed E-state index contributed by atoms with van der Waals surface area (Å²) in [4.78, 5) is 0. The first-order chi connectivity index (χ1) is 8.93. The number of aliphatic hydroxyl groups excluding tert-OH is 1. The Hall–Kier alpha value is -1.75. The standard InChI is InChI=1S/C14H13F3O2/c1-2-12-11(6-7-19-12)13(18)9-4-3-5-10(8-9)14(15,16)17/h3-8,13,18H,2H2,1H3. The van der Waals surface area contributed by atoms with Gasteiger partial charge in [-0.1, -0.05) is 19.1 Å². The third-order valence-electron chi connectivity index (χ3n) is 2.93. The Morgan fingerprint density at radius 2 is 2.00 bits per heavy atom. The van der Waals surface area contributed by atoms with E-state index in [9.17, 15) is 18.3 Å². The summed E-state index contributed by atoms with van der Waals surface area (Å²) in [5.41, 5.74) is -0.0710. The Labute approximate surface area is 108 Å². The molecule has 0 aliphatic rings. The number of aliphatic hydroxyl groups is 1. The summed E-state index contributed by atoms with van der Waals surface area (Å²) < 4.78 is 43.0.